The van der Waals surface area contributed by atoms with E-state index in [-0.39, 0.29) is 10.6 Å². The molecule has 1 heterocycles. The van der Waals surface area contributed by atoms with Gasteiger partial charge in [-0.15, -0.1) is 0 Å². The van der Waals surface area contributed by atoms with Crippen molar-refractivity contribution in [2.24, 2.45) is 5.73 Å². The Balaban J connectivity index is 2.14. The maximum absolute atomic E-state index is 13.2. The maximum Gasteiger partial charge on any atom is 0.269 e. The molecule has 25 heavy (non-hydrogen) atoms. The van der Waals surface area contributed by atoms with Crippen molar-refractivity contribution < 1.29 is 17.6 Å². The van der Waals surface area contributed by atoms with E-state index in [2.05, 4.69) is 5.10 Å². The number of hydrogen-bond acceptors (Lipinski definition) is 4. The lowest BCUT2D eigenvalue weighted by molar-refractivity contribution is 0.0995. The summed E-state index contributed by atoms with van der Waals surface area (Å²) in [4.78, 5) is 11.7. The molecule has 0 aliphatic carbocycles. The molecule has 0 spiro atoms. The van der Waals surface area contributed by atoms with Crippen LogP contribution in [0, 0.1) is 5.82 Å². The molecule has 0 aliphatic rings. The average molecular weight is 359 g/mol. The molecule has 3 rings (SSSR count). The molecule has 2 N–H and O–H groups in total. The molecule has 0 radical (unpaired) electrons. The van der Waals surface area contributed by atoms with Gasteiger partial charge in [0.25, 0.3) is 5.91 Å². The van der Waals surface area contributed by atoms with Gasteiger partial charge in [-0.2, -0.15) is 5.10 Å². The number of amides is 1. The largest absolute Gasteiger partial charge is 0.364 e. The molecule has 2 aromatic carbocycles. The molecule has 3 aromatic rings. The molecule has 0 saturated carbocycles. The number of halogens is 1. The number of nitrogens with two attached hydrogens (primary N) is 1. The molecule has 0 atom stereocenters. The second-order valence-electron chi connectivity index (χ2n) is 5.46. The van der Waals surface area contributed by atoms with Crippen LogP contribution < -0.4 is 5.73 Å². The van der Waals surface area contributed by atoms with Crippen molar-refractivity contribution in [3.63, 3.8) is 0 Å². The first-order chi connectivity index (χ1) is 11.8. The molecule has 0 unspecified atom stereocenters. The van der Waals surface area contributed by atoms with Crippen molar-refractivity contribution in [2.45, 2.75) is 4.90 Å². The van der Waals surface area contributed by atoms with E-state index in [1.165, 1.54) is 47.1 Å². The van der Waals surface area contributed by atoms with Crippen LogP contribution in [0.4, 0.5) is 4.39 Å². The van der Waals surface area contributed by atoms with Crippen LogP contribution >= 0.6 is 0 Å². The molecular weight excluding hydrogens is 345 g/mol. The van der Waals surface area contributed by atoms with Gasteiger partial charge in [0, 0.05) is 11.8 Å². The molecular formula is C17H14FN3O3S. The predicted molar refractivity (Wildman–Crippen MR) is 90.6 cm³/mol. The van der Waals surface area contributed by atoms with E-state index < -0.39 is 21.6 Å². The third-order valence-electron chi connectivity index (χ3n) is 3.61. The zero-order valence-corrected chi connectivity index (χ0v) is 14.0. The predicted octanol–water partition coefficient (Wildman–Crippen LogP) is 2.18. The van der Waals surface area contributed by atoms with Crippen LogP contribution in [-0.4, -0.2) is 30.4 Å². The van der Waals surface area contributed by atoms with Crippen LogP contribution in [-0.2, 0) is 9.84 Å². The van der Waals surface area contributed by atoms with E-state index in [0.29, 0.717) is 16.9 Å². The normalized spacial score (nSPS) is 11.4. The van der Waals surface area contributed by atoms with E-state index >= 15 is 0 Å². The summed E-state index contributed by atoms with van der Waals surface area (Å²) in [5.74, 6) is -1.10. The fourth-order valence-corrected chi connectivity index (χ4v) is 2.99. The van der Waals surface area contributed by atoms with E-state index in [1.54, 1.807) is 12.1 Å². The van der Waals surface area contributed by atoms with Crippen LogP contribution in [0.2, 0.25) is 0 Å². The topological polar surface area (TPSA) is 95.0 Å². The Morgan fingerprint density at radius 2 is 1.68 bits per heavy atom. The van der Waals surface area contributed by atoms with Gasteiger partial charge >= 0.3 is 0 Å². The van der Waals surface area contributed by atoms with Gasteiger partial charge in [0.2, 0.25) is 0 Å². The van der Waals surface area contributed by atoms with Gasteiger partial charge in [-0.05, 0) is 42.5 Å². The van der Waals surface area contributed by atoms with Crippen molar-refractivity contribution in [1.82, 2.24) is 9.78 Å². The lowest BCUT2D eigenvalue weighted by atomic mass is 10.1. The number of primary amides is 1. The minimum absolute atomic E-state index is 0.0477. The van der Waals surface area contributed by atoms with Gasteiger partial charge in [0.1, 0.15) is 5.82 Å². The number of aromatic nitrogens is 2. The van der Waals surface area contributed by atoms with Gasteiger partial charge < -0.3 is 5.73 Å². The van der Waals surface area contributed by atoms with E-state index in [4.69, 9.17) is 5.73 Å². The Bertz CT molecular complexity index is 1040. The highest BCUT2D eigenvalue weighted by molar-refractivity contribution is 7.90. The molecule has 8 heteroatoms. The minimum Gasteiger partial charge on any atom is -0.364 e. The first-order valence-corrected chi connectivity index (χ1v) is 9.11. The molecule has 1 amide bonds. The van der Waals surface area contributed by atoms with Crippen LogP contribution in [0.1, 0.15) is 10.5 Å². The van der Waals surface area contributed by atoms with Crippen molar-refractivity contribution in [3.8, 4) is 16.9 Å². The minimum atomic E-state index is -3.32. The van der Waals surface area contributed by atoms with Crippen molar-refractivity contribution in [2.75, 3.05) is 6.26 Å². The van der Waals surface area contributed by atoms with E-state index in [0.717, 1.165) is 6.26 Å². The third-order valence-corrected chi connectivity index (χ3v) is 4.74. The Morgan fingerprint density at radius 3 is 2.20 bits per heavy atom. The number of nitrogens with zero attached hydrogens (tertiary/aromatic N) is 2. The number of rotatable bonds is 4. The Morgan fingerprint density at radius 1 is 1.08 bits per heavy atom. The Kier molecular flexibility index (Phi) is 4.13. The zero-order valence-electron chi connectivity index (χ0n) is 13.2. The van der Waals surface area contributed by atoms with Crippen LogP contribution in [0.3, 0.4) is 0 Å². The highest BCUT2D eigenvalue weighted by atomic mass is 32.2. The van der Waals surface area contributed by atoms with Crippen molar-refractivity contribution in [3.05, 3.63) is 66.1 Å². The average Bonchev–Trinajstić information content (AvgIpc) is 3.00. The molecule has 6 nitrogen and oxygen atoms in total. The van der Waals surface area contributed by atoms with Gasteiger partial charge in [-0.25, -0.2) is 17.5 Å². The third kappa shape index (κ3) is 3.43. The van der Waals surface area contributed by atoms with Gasteiger partial charge in [0.05, 0.1) is 16.3 Å². The quantitative estimate of drug-likeness (QED) is 0.772. The fourth-order valence-electron chi connectivity index (χ4n) is 2.36. The summed E-state index contributed by atoms with van der Waals surface area (Å²) in [5, 5.41) is 4.16. The van der Waals surface area contributed by atoms with Crippen molar-refractivity contribution in [1.29, 1.82) is 0 Å². The van der Waals surface area contributed by atoms with Crippen LogP contribution in [0.5, 0.6) is 0 Å². The summed E-state index contributed by atoms with van der Waals surface area (Å²) in [6.45, 7) is 0. The lowest BCUT2D eigenvalue weighted by Crippen LogP contribution is -2.12. The second-order valence-corrected chi connectivity index (χ2v) is 7.48. The molecule has 0 bridgehead atoms. The first-order valence-electron chi connectivity index (χ1n) is 7.22. The number of sulfone groups is 1. The second kappa shape index (κ2) is 6.14. The number of carbonyl (C=O) groups is 1. The Labute approximate surface area is 143 Å². The highest BCUT2D eigenvalue weighted by Gasteiger charge is 2.16. The molecule has 0 fully saturated rings. The van der Waals surface area contributed by atoms with Gasteiger partial charge in [-0.1, -0.05) is 12.1 Å². The van der Waals surface area contributed by atoms with Gasteiger partial charge in [-0.3, -0.25) is 4.79 Å². The molecule has 0 aliphatic heterocycles. The molecule has 1 aromatic heterocycles. The SMILES string of the molecule is CS(=O)(=O)c1ccc(-c2cc(C(N)=O)nn2-c2ccc(F)cc2)cc1. The first kappa shape index (κ1) is 16.8. The number of carbonyl (C=O) groups excluding carboxylic acids is 1. The molecule has 0 saturated heterocycles. The van der Waals surface area contributed by atoms with E-state index in [9.17, 15) is 17.6 Å². The monoisotopic (exact) mass is 359 g/mol. The molecule has 128 valence electrons. The highest BCUT2D eigenvalue weighted by Crippen LogP contribution is 2.25. The number of benzene rings is 2. The van der Waals surface area contributed by atoms with Crippen LogP contribution in [0.15, 0.2) is 59.5 Å². The summed E-state index contributed by atoms with van der Waals surface area (Å²) in [7, 11) is -3.32. The summed E-state index contributed by atoms with van der Waals surface area (Å²) >= 11 is 0. The summed E-state index contributed by atoms with van der Waals surface area (Å²) in [5.41, 5.74) is 7.05. The van der Waals surface area contributed by atoms with Crippen molar-refractivity contribution >= 4 is 15.7 Å². The summed E-state index contributed by atoms with van der Waals surface area (Å²) in [6.07, 6.45) is 1.12. The summed E-state index contributed by atoms with van der Waals surface area (Å²) < 4.78 is 37.8. The van der Waals surface area contributed by atoms with E-state index in [1.807, 2.05) is 0 Å². The van der Waals surface area contributed by atoms with Gasteiger partial charge in [0.15, 0.2) is 15.5 Å². The maximum atomic E-state index is 13.2. The number of hydrogen-bond donors (Lipinski definition) is 1. The van der Waals surface area contributed by atoms with Crippen LogP contribution in [0.25, 0.3) is 16.9 Å². The fraction of sp³-hybridized carbons (Fsp3) is 0.0588. The standard InChI is InChI=1S/C17H14FN3O3S/c1-25(23,24)14-8-2-11(3-9-14)16-10-15(17(19)22)20-21(16)13-6-4-12(18)5-7-13/h2-10H,1H3,(H2,19,22). The lowest BCUT2D eigenvalue weighted by Gasteiger charge is -2.08. The smallest absolute Gasteiger partial charge is 0.269 e. The summed E-state index contributed by atoms with van der Waals surface area (Å²) in [6, 6.07) is 13.2. The zero-order chi connectivity index (χ0) is 18.2. The Hall–Kier alpha value is -3.00.